The van der Waals surface area contributed by atoms with E-state index >= 15 is 0 Å². The van der Waals surface area contributed by atoms with Gasteiger partial charge in [0.2, 0.25) is 17.8 Å². The van der Waals surface area contributed by atoms with Crippen molar-refractivity contribution in [3.63, 3.8) is 0 Å². The standard InChI is InChI=1S/C22H23Cl2N7/c23-16-12-11-15(19(24)13-16)14-25-31-22-29-20(26-17-7-3-1-4-8-17)28-21(30-22)27-18-9-5-2-6-10-18/h1,3-4,7-8,11-14,18H,2,5-6,9-10H2,(H3,26,27,28,29,30,31). The van der Waals surface area contributed by atoms with Gasteiger partial charge in [0.1, 0.15) is 0 Å². The summed E-state index contributed by atoms with van der Waals surface area (Å²) in [6.07, 6.45) is 7.54. The summed E-state index contributed by atoms with van der Waals surface area (Å²) in [5, 5.41) is 12.0. The van der Waals surface area contributed by atoms with Crippen LogP contribution in [0.25, 0.3) is 0 Å². The van der Waals surface area contributed by atoms with Gasteiger partial charge in [0.15, 0.2) is 0 Å². The smallest absolute Gasteiger partial charge is 0.250 e. The van der Waals surface area contributed by atoms with Crippen molar-refractivity contribution in [1.29, 1.82) is 0 Å². The third-order valence-corrected chi connectivity index (χ3v) is 5.50. The molecule has 0 spiro atoms. The Morgan fingerprint density at radius 1 is 0.871 bits per heavy atom. The van der Waals surface area contributed by atoms with Crippen molar-refractivity contribution in [3.05, 3.63) is 64.1 Å². The van der Waals surface area contributed by atoms with Crippen LogP contribution >= 0.6 is 23.2 Å². The molecule has 7 nitrogen and oxygen atoms in total. The molecule has 1 fully saturated rings. The van der Waals surface area contributed by atoms with Crippen molar-refractivity contribution in [1.82, 2.24) is 15.0 Å². The number of nitrogens with one attached hydrogen (secondary N) is 3. The van der Waals surface area contributed by atoms with Gasteiger partial charge < -0.3 is 10.6 Å². The van der Waals surface area contributed by atoms with Crippen LogP contribution in [0.3, 0.4) is 0 Å². The molecule has 160 valence electrons. The number of rotatable bonds is 7. The maximum absolute atomic E-state index is 6.20. The number of hydrogen-bond donors (Lipinski definition) is 3. The minimum atomic E-state index is 0.327. The number of hydrogen-bond acceptors (Lipinski definition) is 7. The zero-order valence-corrected chi connectivity index (χ0v) is 18.4. The van der Waals surface area contributed by atoms with E-state index in [1.807, 2.05) is 30.3 Å². The van der Waals surface area contributed by atoms with Crippen LogP contribution in [-0.4, -0.2) is 27.2 Å². The summed E-state index contributed by atoms with van der Waals surface area (Å²) >= 11 is 12.1. The first-order valence-corrected chi connectivity index (χ1v) is 11.0. The third kappa shape index (κ3) is 6.29. The number of para-hydroxylation sites is 1. The van der Waals surface area contributed by atoms with Gasteiger partial charge in [-0.1, -0.05) is 66.7 Å². The molecule has 0 radical (unpaired) electrons. The summed E-state index contributed by atoms with van der Waals surface area (Å²) < 4.78 is 0. The topological polar surface area (TPSA) is 87.1 Å². The quantitative estimate of drug-likeness (QED) is 0.294. The van der Waals surface area contributed by atoms with E-state index in [2.05, 4.69) is 36.1 Å². The summed E-state index contributed by atoms with van der Waals surface area (Å²) in [5.41, 5.74) is 4.50. The number of hydrazone groups is 1. The first-order chi connectivity index (χ1) is 15.2. The van der Waals surface area contributed by atoms with Gasteiger partial charge in [-0.25, -0.2) is 5.43 Å². The molecule has 31 heavy (non-hydrogen) atoms. The van der Waals surface area contributed by atoms with Crippen molar-refractivity contribution < 1.29 is 0 Å². The zero-order chi connectivity index (χ0) is 21.5. The van der Waals surface area contributed by atoms with Crippen molar-refractivity contribution in [3.8, 4) is 0 Å². The van der Waals surface area contributed by atoms with E-state index in [9.17, 15) is 0 Å². The van der Waals surface area contributed by atoms with E-state index in [1.165, 1.54) is 19.3 Å². The molecular formula is C22H23Cl2N7. The van der Waals surface area contributed by atoms with Crippen molar-refractivity contribution in [2.75, 3.05) is 16.1 Å². The maximum atomic E-state index is 6.20. The second kappa shape index (κ2) is 10.4. The minimum Gasteiger partial charge on any atom is -0.351 e. The summed E-state index contributed by atoms with van der Waals surface area (Å²) in [6.45, 7) is 0. The lowest BCUT2D eigenvalue weighted by molar-refractivity contribution is 0.461. The molecule has 9 heteroatoms. The summed E-state index contributed by atoms with van der Waals surface area (Å²) in [6, 6.07) is 15.3. The Morgan fingerprint density at radius 3 is 2.39 bits per heavy atom. The van der Waals surface area contributed by atoms with Crippen LogP contribution < -0.4 is 16.1 Å². The van der Waals surface area contributed by atoms with Crippen LogP contribution in [-0.2, 0) is 0 Å². The molecule has 2 aromatic carbocycles. The van der Waals surface area contributed by atoms with E-state index in [1.54, 1.807) is 24.4 Å². The number of benzene rings is 2. The lowest BCUT2D eigenvalue weighted by Gasteiger charge is -2.22. The van der Waals surface area contributed by atoms with Crippen LogP contribution in [0, 0.1) is 0 Å². The average molecular weight is 456 g/mol. The van der Waals surface area contributed by atoms with Gasteiger partial charge in [0.25, 0.3) is 0 Å². The molecule has 0 unspecified atom stereocenters. The van der Waals surface area contributed by atoms with Gasteiger partial charge in [-0.15, -0.1) is 0 Å². The Bertz CT molecular complexity index is 1040. The molecule has 0 saturated heterocycles. The lowest BCUT2D eigenvalue weighted by atomic mass is 9.96. The normalized spacial score (nSPS) is 14.5. The SMILES string of the molecule is Clc1ccc(C=NNc2nc(Nc3ccccc3)nc(NC3CCCCC3)n2)c(Cl)c1. The van der Waals surface area contributed by atoms with Crippen molar-refractivity contribution in [2.45, 2.75) is 38.1 Å². The Kier molecular flexibility index (Phi) is 7.17. The van der Waals surface area contributed by atoms with Gasteiger partial charge in [0, 0.05) is 22.3 Å². The molecule has 1 aliphatic carbocycles. The van der Waals surface area contributed by atoms with Gasteiger partial charge in [-0.2, -0.15) is 20.1 Å². The second-order valence-corrected chi connectivity index (χ2v) is 8.16. The second-order valence-electron chi connectivity index (χ2n) is 7.31. The summed E-state index contributed by atoms with van der Waals surface area (Å²) in [7, 11) is 0. The predicted molar refractivity (Wildman–Crippen MR) is 128 cm³/mol. The van der Waals surface area contributed by atoms with Crippen molar-refractivity contribution >= 4 is 52.9 Å². The lowest BCUT2D eigenvalue weighted by Crippen LogP contribution is -2.24. The highest BCUT2D eigenvalue weighted by atomic mass is 35.5. The Balaban J connectivity index is 1.53. The average Bonchev–Trinajstić information content (AvgIpc) is 2.77. The fourth-order valence-electron chi connectivity index (χ4n) is 3.39. The summed E-state index contributed by atoms with van der Waals surface area (Å²) in [5.74, 6) is 1.28. The molecule has 0 amide bonds. The van der Waals surface area contributed by atoms with Crippen molar-refractivity contribution in [2.24, 2.45) is 5.10 Å². The highest BCUT2D eigenvalue weighted by Crippen LogP contribution is 2.22. The molecule has 1 heterocycles. The Morgan fingerprint density at radius 2 is 1.61 bits per heavy atom. The molecule has 3 N–H and O–H groups in total. The molecule has 3 aromatic rings. The molecular weight excluding hydrogens is 433 g/mol. The van der Waals surface area contributed by atoms with Crippen LogP contribution in [0.5, 0.6) is 0 Å². The number of halogens is 2. The summed E-state index contributed by atoms with van der Waals surface area (Å²) in [4.78, 5) is 13.5. The molecule has 0 aliphatic heterocycles. The maximum Gasteiger partial charge on any atom is 0.250 e. The van der Waals surface area contributed by atoms with E-state index in [-0.39, 0.29) is 0 Å². The number of anilines is 4. The van der Waals surface area contributed by atoms with Crippen LogP contribution in [0.15, 0.2) is 53.6 Å². The van der Waals surface area contributed by atoms with Gasteiger partial charge in [-0.3, -0.25) is 0 Å². The van der Waals surface area contributed by atoms with Crippen LogP contribution in [0.1, 0.15) is 37.7 Å². The van der Waals surface area contributed by atoms with Crippen LogP contribution in [0.4, 0.5) is 23.5 Å². The number of aromatic nitrogens is 3. The Hall–Kier alpha value is -2.90. The minimum absolute atomic E-state index is 0.327. The van der Waals surface area contributed by atoms with Crippen LogP contribution in [0.2, 0.25) is 10.0 Å². The molecule has 1 saturated carbocycles. The molecule has 1 aromatic heterocycles. The molecule has 0 bridgehead atoms. The predicted octanol–water partition coefficient (Wildman–Crippen LogP) is 6.11. The largest absolute Gasteiger partial charge is 0.351 e. The first kappa shape index (κ1) is 21.3. The zero-order valence-electron chi connectivity index (χ0n) is 16.9. The first-order valence-electron chi connectivity index (χ1n) is 10.2. The van der Waals surface area contributed by atoms with Gasteiger partial charge in [0.05, 0.1) is 11.2 Å². The van der Waals surface area contributed by atoms with E-state index < -0.39 is 0 Å². The van der Waals surface area contributed by atoms with E-state index in [0.717, 1.165) is 24.1 Å². The fourth-order valence-corrected chi connectivity index (χ4v) is 3.85. The Labute approximate surface area is 191 Å². The van der Waals surface area contributed by atoms with E-state index in [4.69, 9.17) is 23.2 Å². The van der Waals surface area contributed by atoms with E-state index in [0.29, 0.717) is 33.9 Å². The molecule has 4 rings (SSSR count). The monoisotopic (exact) mass is 455 g/mol. The molecule has 1 aliphatic rings. The van der Waals surface area contributed by atoms with Gasteiger partial charge in [-0.05, 0) is 37.1 Å². The third-order valence-electron chi connectivity index (χ3n) is 4.93. The van der Waals surface area contributed by atoms with Gasteiger partial charge >= 0.3 is 0 Å². The number of nitrogens with zero attached hydrogens (tertiary/aromatic N) is 4. The molecule has 0 atom stereocenters. The highest BCUT2D eigenvalue weighted by Gasteiger charge is 2.15. The fraction of sp³-hybridized carbons (Fsp3) is 0.273. The highest BCUT2D eigenvalue weighted by molar-refractivity contribution is 6.36.